The average molecular weight is 695 g/mol. The third kappa shape index (κ3) is 6.33. The summed E-state index contributed by atoms with van der Waals surface area (Å²) in [5, 5.41) is 19.3. The number of carbonyl (C=O) groups excluding carboxylic acids is 3. The van der Waals surface area contributed by atoms with Gasteiger partial charge in [0, 0.05) is 49.2 Å². The van der Waals surface area contributed by atoms with Gasteiger partial charge in [-0.05, 0) is 42.7 Å². The molecule has 0 saturated heterocycles. The number of amides is 2. The first-order valence-electron chi connectivity index (χ1n) is 16.8. The smallest absolute Gasteiger partial charge is 0.303 e. The monoisotopic (exact) mass is 694 g/mol. The van der Waals surface area contributed by atoms with Gasteiger partial charge in [-0.2, -0.15) is 0 Å². The number of fused-ring (bicyclic) bond motifs is 4. The molecule has 5 atom stereocenters. The predicted molar refractivity (Wildman–Crippen MR) is 188 cm³/mol. The SMILES string of the molecule is COc1ccc([C@@]23Oc4cc(OC)cc(OC)c4[C@@](O)([C@@H](C(=O)NCCCCNC(=O)c4ccccc4)[C@@H]2c2ccccc2)[C@@H]3OC(C)=O)cc1. The van der Waals surface area contributed by atoms with Gasteiger partial charge >= 0.3 is 5.97 Å². The molecule has 2 aliphatic rings. The maximum absolute atomic E-state index is 14.7. The van der Waals surface area contributed by atoms with Gasteiger partial charge in [-0.25, -0.2) is 0 Å². The van der Waals surface area contributed by atoms with Crippen LogP contribution < -0.4 is 29.6 Å². The fraction of sp³-hybridized carbons (Fsp3) is 0.325. The second-order valence-electron chi connectivity index (χ2n) is 12.6. The molecule has 0 aromatic heterocycles. The highest BCUT2D eigenvalue weighted by atomic mass is 16.6. The normalized spacial score (nSPS) is 22.9. The lowest BCUT2D eigenvalue weighted by molar-refractivity contribution is -0.195. The van der Waals surface area contributed by atoms with Crippen LogP contribution in [0.4, 0.5) is 0 Å². The van der Waals surface area contributed by atoms with Crippen LogP contribution in [0.2, 0.25) is 0 Å². The summed E-state index contributed by atoms with van der Waals surface area (Å²) in [5.74, 6) is -2.02. The Bertz CT molecular complexity index is 1870. The number of hydrogen-bond donors (Lipinski definition) is 3. The van der Waals surface area contributed by atoms with Crippen molar-refractivity contribution >= 4 is 17.8 Å². The van der Waals surface area contributed by atoms with Crippen LogP contribution in [0.15, 0.2) is 97.1 Å². The molecule has 1 saturated carbocycles. The molecule has 0 spiro atoms. The predicted octanol–water partition coefficient (Wildman–Crippen LogP) is 4.86. The Morgan fingerprint density at radius 2 is 1.41 bits per heavy atom. The van der Waals surface area contributed by atoms with Crippen LogP contribution in [0.3, 0.4) is 0 Å². The van der Waals surface area contributed by atoms with E-state index in [0.29, 0.717) is 47.6 Å². The minimum absolute atomic E-state index is 0.170. The van der Waals surface area contributed by atoms with E-state index in [1.165, 1.54) is 21.1 Å². The number of unbranched alkanes of at least 4 members (excludes halogenated alkanes) is 1. The molecule has 2 bridgehead atoms. The van der Waals surface area contributed by atoms with Crippen molar-refractivity contribution in [3.8, 4) is 23.0 Å². The number of nitrogens with one attached hydrogen (secondary N) is 2. The second-order valence-corrected chi connectivity index (χ2v) is 12.6. The standard InChI is InChI=1S/C40H42N2O9/c1-25(43)50-38-39(46)34-31(49-4)23-30(48-3)24-32(34)51-40(38,28-17-19-29(47-2)20-18-28)33(26-13-7-5-8-14-26)35(39)37(45)42-22-12-11-21-41-36(44)27-15-9-6-10-16-27/h5-10,13-20,23-24,33,35,38,46H,11-12,21-22H2,1-4H3,(H,41,44)(H,42,45)/t33-,35+,38-,39+,40+/m0/s1. The van der Waals surface area contributed by atoms with Gasteiger partial charge in [0.1, 0.15) is 23.0 Å². The average Bonchev–Trinajstić information content (AvgIpc) is 3.30. The lowest BCUT2D eigenvalue weighted by Crippen LogP contribution is -2.57. The molecule has 0 unspecified atom stereocenters. The highest BCUT2D eigenvalue weighted by Crippen LogP contribution is 2.69. The van der Waals surface area contributed by atoms with E-state index in [2.05, 4.69) is 10.6 Å². The summed E-state index contributed by atoms with van der Waals surface area (Å²) in [4.78, 5) is 40.1. The molecule has 2 amide bonds. The molecular formula is C40H42N2O9. The lowest BCUT2D eigenvalue weighted by Gasteiger charge is -2.46. The van der Waals surface area contributed by atoms with Crippen LogP contribution in [0.5, 0.6) is 23.0 Å². The van der Waals surface area contributed by atoms with E-state index in [-0.39, 0.29) is 29.5 Å². The van der Waals surface area contributed by atoms with Crippen molar-refractivity contribution in [3.05, 3.63) is 119 Å². The van der Waals surface area contributed by atoms with E-state index >= 15 is 0 Å². The van der Waals surface area contributed by atoms with Crippen LogP contribution in [-0.2, 0) is 25.5 Å². The Kier molecular flexibility index (Phi) is 10.2. The van der Waals surface area contributed by atoms with Crippen LogP contribution in [0, 0.1) is 5.92 Å². The summed E-state index contributed by atoms with van der Waals surface area (Å²) in [7, 11) is 4.50. The summed E-state index contributed by atoms with van der Waals surface area (Å²) in [5.41, 5.74) is -1.78. The number of benzene rings is 4. The zero-order chi connectivity index (χ0) is 36.2. The summed E-state index contributed by atoms with van der Waals surface area (Å²) in [6.45, 7) is 1.93. The minimum atomic E-state index is -2.15. The molecule has 1 aliphatic heterocycles. The van der Waals surface area contributed by atoms with E-state index in [4.69, 9.17) is 23.7 Å². The molecule has 51 heavy (non-hydrogen) atoms. The summed E-state index contributed by atoms with van der Waals surface area (Å²) in [6.07, 6.45) is -0.256. The molecule has 4 aromatic rings. The van der Waals surface area contributed by atoms with Gasteiger partial charge in [0.25, 0.3) is 5.91 Å². The van der Waals surface area contributed by atoms with Gasteiger partial charge in [-0.1, -0.05) is 60.7 Å². The molecular weight excluding hydrogens is 652 g/mol. The zero-order valence-corrected chi connectivity index (χ0v) is 29.0. The Labute approximate surface area is 296 Å². The lowest BCUT2D eigenvalue weighted by atomic mass is 9.75. The third-order valence-corrected chi connectivity index (χ3v) is 9.72. The van der Waals surface area contributed by atoms with E-state index in [1.54, 1.807) is 67.8 Å². The highest BCUT2D eigenvalue weighted by molar-refractivity contribution is 5.94. The van der Waals surface area contributed by atoms with Crippen LogP contribution in [0.1, 0.15) is 52.7 Å². The number of esters is 1. The largest absolute Gasteiger partial charge is 0.497 e. The van der Waals surface area contributed by atoms with Gasteiger partial charge in [0.05, 0.1) is 32.8 Å². The maximum Gasteiger partial charge on any atom is 0.303 e. The van der Waals surface area contributed by atoms with Crippen LogP contribution in [-0.4, -0.2) is 63.4 Å². The topological polar surface area (TPSA) is 142 Å². The number of hydrogen-bond acceptors (Lipinski definition) is 9. The van der Waals surface area contributed by atoms with Gasteiger partial charge in [0.15, 0.2) is 17.3 Å². The Hall–Kier alpha value is -5.55. The van der Waals surface area contributed by atoms with E-state index in [1.807, 2.05) is 36.4 Å². The van der Waals surface area contributed by atoms with Crippen molar-refractivity contribution in [1.82, 2.24) is 10.6 Å². The van der Waals surface area contributed by atoms with E-state index < -0.39 is 41.0 Å². The Balaban J connectivity index is 1.43. The maximum atomic E-state index is 14.7. The summed E-state index contributed by atoms with van der Waals surface area (Å²) < 4.78 is 30.0. The molecule has 6 rings (SSSR count). The molecule has 0 radical (unpaired) electrons. The molecule has 11 heteroatoms. The molecule has 1 aliphatic carbocycles. The fourth-order valence-corrected chi connectivity index (χ4v) is 7.56. The Morgan fingerprint density at radius 1 is 0.784 bits per heavy atom. The number of carbonyl (C=O) groups is 3. The quantitative estimate of drug-likeness (QED) is 0.132. The molecule has 1 fully saturated rings. The summed E-state index contributed by atoms with van der Waals surface area (Å²) >= 11 is 0. The number of ether oxygens (including phenoxy) is 5. The number of aliphatic hydroxyl groups is 1. The summed E-state index contributed by atoms with van der Waals surface area (Å²) in [6, 6.07) is 28.6. The second kappa shape index (κ2) is 14.7. The van der Waals surface area contributed by atoms with Gasteiger partial charge in [-0.15, -0.1) is 0 Å². The highest BCUT2D eigenvalue weighted by Gasteiger charge is 2.78. The first-order valence-corrected chi connectivity index (χ1v) is 16.8. The fourth-order valence-electron chi connectivity index (χ4n) is 7.56. The molecule has 266 valence electrons. The zero-order valence-electron chi connectivity index (χ0n) is 29.0. The third-order valence-electron chi connectivity index (χ3n) is 9.72. The molecule has 11 nitrogen and oxygen atoms in total. The van der Waals surface area contributed by atoms with E-state index in [9.17, 15) is 19.5 Å². The van der Waals surface area contributed by atoms with Crippen molar-refractivity contribution in [2.24, 2.45) is 5.92 Å². The van der Waals surface area contributed by atoms with Crippen LogP contribution in [0.25, 0.3) is 0 Å². The van der Waals surface area contributed by atoms with Gasteiger partial charge in [-0.3, -0.25) is 14.4 Å². The van der Waals surface area contributed by atoms with Crippen molar-refractivity contribution in [3.63, 3.8) is 0 Å². The first-order chi connectivity index (χ1) is 24.7. The van der Waals surface area contributed by atoms with Crippen molar-refractivity contribution in [1.29, 1.82) is 0 Å². The van der Waals surface area contributed by atoms with Crippen molar-refractivity contribution < 1.29 is 43.2 Å². The first kappa shape index (κ1) is 35.3. The van der Waals surface area contributed by atoms with E-state index in [0.717, 1.165) is 0 Å². The van der Waals surface area contributed by atoms with Crippen molar-refractivity contribution in [2.45, 2.75) is 43.0 Å². The molecule has 3 N–H and O–H groups in total. The van der Waals surface area contributed by atoms with Crippen LogP contribution >= 0.6 is 0 Å². The molecule has 4 aromatic carbocycles. The molecule has 1 heterocycles. The van der Waals surface area contributed by atoms with Crippen molar-refractivity contribution in [2.75, 3.05) is 34.4 Å². The Morgan fingerprint density at radius 3 is 2.02 bits per heavy atom. The minimum Gasteiger partial charge on any atom is -0.497 e. The van der Waals surface area contributed by atoms with Gasteiger partial charge in [0.2, 0.25) is 5.91 Å². The number of methoxy groups -OCH3 is 3. The number of rotatable bonds is 13. The van der Waals surface area contributed by atoms with Gasteiger partial charge < -0.3 is 39.4 Å².